The summed E-state index contributed by atoms with van der Waals surface area (Å²) < 4.78 is 2.10. The third kappa shape index (κ3) is 3.32. The third-order valence-electron chi connectivity index (χ3n) is 3.83. The van der Waals surface area contributed by atoms with Crippen molar-refractivity contribution in [1.82, 2.24) is 15.1 Å². The molecule has 2 unspecified atom stereocenters. The topological polar surface area (TPSA) is 29.9 Å². The van der Waals surface area contributed by atoms with Gasteiger partial charge >= 0.3 is 0 Å². The smallest absolute Gasteiger partial charge is 0.0597 e. The summed E-state index contributed by atoms with van der Waals surface area (Å²) >= 11 is 0. The maximum absolute atomic E-state index is 4.47. The van der Waals surface area contributed by atoms with Gasteiger partial charge in [0.2, 0.25) is 0 Å². The highest BCUT2D eigenvalue weighted by molar-refractivity contribution is 5.08. The molecule has 96 valence electrons. The van der Waals surface area contributed by atoms with E-state index in [9.17, 15) is 0 Å². The van der Waals surface area contributed by atoms with Gasteiger partial charge < -0.3 is 5.32 Å². The SMILES string of the molecule is CCn1nc(C)cc1CNCC1CCC(C)C1. The Morgan fingerprint density at radius 1 is 1.47 bits per heavy atom. The van der Waals surface area contributed by atoms with Crippen LogP contribution >= 0.6 is 0 Å². The molecule has 2 atom stereocenters. The standard InChI is InChI=1S/C14H25N3/c1-4-17-14(8-12(3)16-17)10-15-9-13-6-5-11(2)7-13/h8,11,13,15H,4-7,9-10H2,1-3H3. The molecule has 1 saturated carbocycles. The number of rotatable bonds is 5. The molecule has 2 rings (SSSR count). The van der Waals surface area contributed by atoms with Crippen LogP contribution in [0.4, 0.5) is 0 Å². The Kier molecular flexibility index (Phi) is 4.21. The van der Waals surface area contributed by atoms with Crippen molar-refractivity contribution in [2.75, 3.05) is 6.54 Å². The van der Waals surface area contributed by atoms with Gasteiger partial charge in [-0.25, -0.2) is 0 Å². The number of aryl methyl sites for hydroxylation is 2. The van der Waals surface area contributed by atoms with E-state index < -0.39 is 0 Å². The predicted molar refractivity (Wildman–Crippen MR) is 70.8 cm³/mol. The first-order valence-corrected chi connectivity index (χ1v) is 6.93. The lowest BCUT2D eigenvalue weighted by atomic mass is 10.1. The van der Waals surface area contributed by atoms with E-state index in [1.54, 1.807) is 0 Å². The highest BCUT2D eigenvalue weighted by atomic mass is 15.3. The average Bonchev–Trinajstić information content (AvgIpc) is 2.85. The molecule has 1 aliphatic carbocycles. The fourth-order valence-corrected chi connectivity index (χ4v) is 2.93. The molecular formula is C14H25N3. The first-order chi connectivity index (χ1) is 8.19. The van der Waals surface area contributed by atoms with Gasteiger partial charge in [-0.05, 0) is 51.1 Å². The highest BCUT2D eigenvalue weighted by Crippen LogP contribution is 2.29. The van der Waals surface area contributed by atoms with E-state index >= 15 is 0 Å². The van der Waals surface area contributed by atoms with Crippen LogP contribution in [0.15, 0.2) is 6.07 Å². The summed E-state index contributed by atoms with van der Waals surface area (Å²) in [5, 5.41) is 8.06. The summed E-state index contributed by atoms with van der Waals surface area (Å²) in [6.45, 7) is 9.67. The average molecular weight is 235 g/mol. The van der Waals surface area contributed by atoms with E-state index in [4.69, 9.17) is 0 Å². The second-order valence-corrected chi connectivity index (χ2v) is 5.51. The summed E-state index contributed by atoms with van der Waals surface area (Å²) in [5.41, 5.74) is 2.44. The monoisotopic (exact) mass is 235 g/mol. The molecule has 0 spiro atoms. The van der Waals surface area contributed by atoms with Gasteiger partial charge in [0.25, 0.3) is 0 Å². The van der Waals surface area contributed by atoms with Crippen LogP contribution in [0, 0.1) is 18.8 Å². The minimum absolute atomic E-state index is 0.893. The van der Waals surface area contributed by atoms with Crippen LogP contribution in [0.5, 0.6) is 0 Å². The molecular weight excluding hydrogens is 210 g/mol. The van der Waals surface area contributed by atoms with Gasteiger partial charge in [0, 0.05) is 13.1 Å². The highest BCUT2D eigenvalue weighted by Gasteiger charge is 2.20. The summed E-state index contributed by atoms with van der Waals surface area (Å²) in [4.78, 5) is 0. The predicted octanol–water partition coefficient (Wildman–Crippen LogP) is 2.74. The minimum Gasteiger partial charge on any atom is -0.311 e. The zero-order chi connectivity index (χ0) is 12.3. The van der Waals surface area contributed by atoms with Crippen LogP contribution in [0.25, 0.3) is 0 Å². The zero-order valence-electron chi connectivity index (χ0n) is 11.4. The molecule has 0 aliphatic heterocycles. The second-order valence-electron chi connectivity index (χ2n) is 5.51. The van der Waals surface area contributed by atoms with Crippen LogP contribution in [0.1, 0.15) is 44.5 Å². The Balaban J connectivity index is 1.77. The van der Waals surface area contributed by atoms with Crippen molar-refractivity contribution in [3.63, 3.8) is 0 Å². The molecule has 1 heterocycles. The van der Waals surface area contributed by atoms with Crippen molar-refractivity contribution in [2.45, 2.75) is 53.1 Å². The Morgan fingerprint density at radius 2 is 2.29 bits per heavy atom. The quantitative estimate of drug-likeness (QED) is 0.850. The van der Waals surface area contributed by atoms with Gasteiger partial charge in [-0.15, -0.1) is 0 Å². The molecule has 3 heteroatoms. The Labute approximate surface area is 105 Å². The van der Waals surface area contributed by atoms with Crippen molar-refractivity contribution >= 4 is 0 Å². The fraction of sp³-hybridized carbons (Fsp3) is 0.786. The van der Waals surface area contributed by atoms with Crippen LogP contribution in [-0.4, -0.2) is 16.3 Å². The van der Waals surface area contributed by atoms with E-state index in [1.807, 2.05) is 0 Å². The number of hydrogen-bond acceptors (Lipinski definition) is 2. The van der Waals surface area contributed by atoms with E-state index in [1.165, 1.54) is 25.0 Å². The number of nitrogens with zero attached hydrogens (tertiary/aromatic N) is 2. The molecule has 0 radical (unpaired) electrons. The normalized spacial score (nSPS) is 24.4. The molecule has 0 amide bonds. The van der Waals surface area contributed by atoms with E-state index in [2.05, 4.69) is 41.9 Å². The lowest BCUT2D eigenvalue weighted by Crippen LogP contribution is -2.22. The lowest BCUT2D eigenvalue weighted by Gasteiger charge is -2.11. The van der Waals surface area contributed by atoms with Crippen molar-refractivity contribution in [3.8, 4) is 0 Å². The van der Waals surface area contributed by atoms with Gasteiger partial charge in [-0.2, -0.15) is 5.10 Å². The van der Waals surface area contributed by atoms with Gasteiger partial charge in [-0.1, -0.05) is 13.3 Å². The number of aromatic nitrogens is 2. The van der Waals surface area contributed by atoms with E-state index in [-0.39, 0.29) is 0 Å². The molecule has 17 heavy (non-hydrogen) atoms. The summed E-state index contributed by atoms with van der Waals surface area (Å²) in [7, 11) is 0. The Hall–Kier alpha value is -0.830. The maximum atomic E-state index is 4.47. The summed E-state index contributed by atoms with van der Waals surface area (Å²) in [6, 6.07) is 2.19. The van der Waals surface area contributed by atoms with Crippen LogP contribution in [-0.2, 0) is 13.1 Å². The van der Waals surface area contributed by atoms with E-state index in [0.717, 1.165) is 37.2 Å². The minimum atomic E-state index is 0.893. The van der Waals surface area contributed by atoms with Gasteiger partial charge in [0.05, 0.1) is 11.4 Å². The van der Waals surface area contributed by atoms with Crippen LogP contribution in [0.3, 0.4) is 0 Å². The molecule has 3 nitrogen and oxygen atoms in total. The van der Waals surface area contributed by atoms with Gasteiger partial charge in [0.1, 0.15) is 0 Å². The number of nitrogens with one attached hydrogen (secondary N) is 1. The van der Waals surface area contributed by atoms with Gasteiger partial charge in [-0.3, -0.25) is 4.68 Å². The number of hydrogen-bond donors (Lipinski definition) is 1. The van der Waals surface area contributed by atoms with Crippen molar-refractivity contribution < 1.29 is 0 Å². The molecule has 1 N–H and O–H groups in total. The van der Waals surface area contributed by atoms with Crippen molar-refractivity contribution in [1.29, 1.82) is 0 Å². The Morgan fingerprint density at radius 3 is 2.94 bits per heavy atom. The Bertz CT molecular complexity index is 356. The molecule has 1 aromatic heterocycles. The molecule has 1 fully saturated rings. The first-order valence-electron chi connectivity index (χ1n) is 6.93. The molecule has 0 aromatic carbocycles. The van der Waals surface area contributed by atoms with Gasteiger partial charge in [0.15, 0.2) is 0 Å². The molecule has 1 aliphatic rings. The molecule has 0 bridgehead atoms. The lowest BCUT2D eigenvalue weighted by molar-refractivity contribution is 0.462. The maximum Gasteiger partial charge on any atom is 0.0597 e. The van der Waals surface area contributed by atoms with Crippen LogP contribution < -0.4 is 5.32 Å². The first kappa shape index (κ1) is 12.6. The summed E-state index contributed by atoms with van der Waals surface area (Å²) in [6.07, 6.45) is 4.22. The van der Waals surface area contributed by atoms with Crippen molar-refractivity contribution in [3.05, 3.63) is 17.5 Å². The van der Waals surface area contributed by atoms with Crippen molar-refractivity contribution in [2.24, 2.45) is 11.8 Å². The molecule has 0 saturated heterocycles. The largest absolute Gasteiger partial charge is 0.311 e. The van der Waals surface area contributed by atoms with E-state index in [0.29, 0.717) is 0 Å². The summed E-state index contributed by atoms with van der Waals surface area (Å²) in [5.74, 6) is 1.83. The second kappa shape index (κ2) is 5.67. The third-order valence-corrected chi connectivity index (χ3v) is 3.83. The molecule has 1 aromatic rings. The fourth-order valence-electron chi connectivity index (χ4n) is 2.93. The van der Waals surface area contributed by atoms with Crippen LogP contribution in [0.2, 0.25) is 0 Å². The zero-order valence-corrected chi connectivity index (χ0v) is 11.4.